The monoisotopic (exact) mass is 360 g/mol. The number of sulfonamides is 1. The Bertz CT molecular complexity index is 891. The molecule has 0 heterocycles. The molecule has 1 N–H and O–H groups in total. The minimum absolute atomic E-state index is 0.379. The first-order valence-corrected chi connectivity index (χ1v) is 9.88. The van der Waals surface area contributed by atoms with Crippen LogP contribution in [-0.2, 0) is 14.8 Å². The molecule has 0 saturated heterocycles. The summed E-state index contributed by atoms with van der Waals surface area (Å²) in [5.74, 6) is -0.379. The van der Waals surface area contributed by atoms with Crippen LogP contribution in [0, 0.1) is 20.8 Å². The lowest BCUT2D eigenvalue weighted by atomic mass is 10.1. The van der Waals surface area contributed by atoms with E-state index < -0.39 is 16.1 Å². The molecule has 0 aromatic heterocycles. The van der Waals surface area contributed by atoms with E-state index >= 15 is 0 Å². The number of carbonyl (C=O) groups is 1. The highest BCUT2D eigenvalue weighted by Gasteiger charge is 2.29. The number of hydrogen-bond acceptors (Lipinski definition) is 3. The van der Waals surface area contributed by atoms with E-state index in [2.05, 4.69) is 5.32 Å². The van der Waals surface area contributed by atoms with Crippen LogP contribution < -0.4 is 9.62 Å². The highest BCUT2D eigenvalue weighted by atomic mass is 32.2. The molecule has 0 aliphatic rings. The maximum atomic E-state index is 12.6. The minimum Gasteiger partial charge on any atom is -0.324 e. The lowest BCUT2D eigenvalue weighted by Gasteiger charge is -2.28. The van der Waals surface area contributed by atoms with Crippen molar-refractivity contribution < 1.29 is 13.2 Å². The Morgan fingerprint density at radius 1 is 1.04 bits per heavy atom. The fourth-order valence-corrected chi connectivity index (χ4v) is 3.81. The normalized spacial score (nSPS) is 12.5. The van der Waals surface area contributed by atoms with Crippen molar-refractivity contribution in [1.82, 2.24) is 0 Å². The molecule has 25 heavy (non-hydrogen) atoms. The van der Waals surface area contributed by atoms with Crippen molar-refractivity contribution in [3.05, 3.63) is 59.2 Å². The van der Waals surface area contributed by atoms with Crippen LogP contribution in [0.2, 0.25) is 0 Å². The molecule has 0 aliphatic carbocycles. The average Bonchev–Trinajstić information content (AvgIpc) is 2.49. The number of aryl methyl sites for hydroxylation is 3. The van der Waals surface area contributed by atoms with Gasteiger partial charge in [-0.2, -0.15) is 0 Å². The molecule has 0 spiro atoms. The average molecular weight is 360 g/mol. The highest BCUT2D eigenvalue weighted by Crippen LogP contribution is 2.23. The molecule has 2 rings (SSSR count). The second kappa shape index (κ2) is 7.27. The fourth-order valence-electron chi connectivity index (χ4n) is 2.64. The van der Waals surface area contributed by atoms with Crippen molar-refractivity contribution in [2.75, 3.05) is 15.9 Å². The zero-order valence-corrected chi connectivity index (χ0v) is 16.0. The van der Waals surface area contributed by atoms with Crippen molar-refractivity contribution in [3.8, 4) is 0 Å². The predicted octanol–water partition coefficient (Wildman–Crippen LogP) is 3.41. The summed E-state index contributed by atoms with van der Waals surface area (Å²) in [4.78, 5) is 12.6. The first kappa shape index (κ1) is 19.0. The van der Waals surface area contributed by atoms with Crippen molar-refractivity contribution in [3.63, 3.8) is 0 Å². The van der Waals surface area contributed by atoms with Gasteiger partial charge in [0.1, 0.15) is 6.04 Å². The molecule has 0 radical (unpaired) electrons. The molecule has 134 valence electrons. The molecule has 1 amide bonds. The molecular formula is C19H24N2O3S. The standard InChI is InChI=1S/C19H24N2O3S/c1-13-7-6-8-18(11-13)21(25(5,23)24)16(4)19(22)20-17-10-9-14(2)15(3)12-17/h6-12,16H,1-5H3,(H,20,22). The summed E-state index contributed by atoms with van der Waals surface area (Å²) in [7, 11) is -3.61. The van der Waals surface area contributed by atoms with Gasteiger partial charge in [-0.15, -0.1) is 0 Å². The number of carbonyl (C=O) groups excluding carboxylic acids is 1. The summed E-state index contributed by atoms with van der Waals surface area (Å²) >= 11 is 0. The topological polar surface area (TPSA) is 66.5 Å². The van der Waals surface area contributed by atoms with Gasteiger partial charge >= 0.3 is 0 Å². The van der Waals surface area contributed by atoms with Gasteiger partial charge in [0.15, 0.2) is 0 Å². The van der Waals surface area contributed by atoms with Crippen molar-refractivity contribution in [2.45, 2.75) is 33.7 Å². The van der Waals surface area contributed by atoms with Crippen molar-refractivity contribution >= 4 is 27.3 Å². The number of anilines is 2. The van der Waals surface area contributed by atoms with Gasteiger partial charge in [-0.3, -0.25) is 9.10 Å². The molecule has 6 heteroatoms. The van der Waals surface area contributed by atoms with Crippen LogP contribution in [0.25, 0.3) is 0 Å². The maximum Gasteiger partial charge on any atom is 0.247 e. The SMILES string of the molecule is Cc1cccc(N(C(C)C(=O)Nc2ccc(C)c(C)c2)S(C)(=O)=O)c1. The van der Waals surface area contributed by atoms with Gasteiger partial charge in [-0.25, -0.2) is 8.42 Å². The zero-order chi connectivity index (χ0) is 18.8. The largest absolute Gasteiger partial charge is 0.324 e. The van der Waals surface area contributed by atoms with E-state index in [0.717, 1.165) is 27.3 Å². The van der Waals surface area contributed by atoms with Gasteiger partial charge < -0.3 is 5.32 Å². The van der Waals surface area contributed by atoms with Gasteiger partial charge in [0.2, 0.25) is 15.9 Å². The molecule has 0 aliphatic heterocycles. The Hall–Kier alpha value is -2.34. The summed E-state index contributed by atoms with van der Waals surface area (Å²) in [5.41, 5.74) is 4.24. The molecule has 5 nitrogen and oxygen atoms in total. The lowest BCUT2D eigenvalue weighted by Crippen LogP contribution is -2.45. The number of rotatable bonds is 5. The van der Waals surface area contributed by atoms with Crippen molar-refractivity contribution in [2.24, 2.45) is 0 Å². The minimum atomic E-state index is -3.61. The number of nitrogens with zero attached hydrogens (tertiary/aromatic N) is 1. The summed E-state index contributed by atoms with van der Waals surface area (Å²) in [6.45, 7) is 7.42. The Labute approximate surface area is 149 Å². The van der Waals surface area contributed by atoms with E-state index in [1.807, 2.05) is 45.0 Å². The first-order chi connectivity index (χ1) is 11.6. The zero-order valence-electron chi connectivity index (χ0n) is 15.2. The van der Waals surface area contributed by atoms with Crippen LogP contribution in [0.3, 0.4) is 0 Å². The smallest absolute Gasteiger partial charge is 0.247 e. The molecule has 1 atom stereocenters. The highest BCUT2D eigenvalue weighted by molar-refractivity contribution is 7.92. The summed E-state index contributed by atoms with van der Waals surface area (Å²) in [5, 5.41) is 2.80. The summed E-state index contributed by atoms with van der Waals surface area (Å²) in [6.07, 6.45) is 1.11. The quantitative estimate of drug-likeness (QED) is 0.888. The summed E-state index contributed by atoms with van der Waals surface area (Å²) < 4.78 is 25.7. The molecule has 2 aromatic carbocycles. The Morgan fingerprint density at radius 3 is 2.28 bits per heavy atom. The third-order valence-corrected chi connectivity index (χ3v) is 5.36. The second-order valence-corrected chi connectivity index (χ2v) is 8.22. The van der Waals surface area contributed by atoms with Gasteiger partial charge in [-0.05, 0) is 68.7 Å². The van der Waals surface area contributed by atoms with E-state index in [9.17, 15) is 13.2 Å². The number of benzene rings is 2. The van der Waals surface area contributed by atoms with Gasteiger partial charge in [0.25, 0.3) is 0 Å². The van der Waals surface area contributed by atoms with Crippen LogP contribution in [0.1, 0.15) is 23.6 Å². The second-order valence-electron chi connectivity index (χ2n) is 6.36. The number of amides is 1. The molecular weight excluding hydrogens is 336 g/mol. The molecule has 1 unspecified atom stereocenters. The third-order valence-electron chi connectivity index (χ3n) is 4.12. The number of nitrogens with one attached hydrogen (secondary N) is 1. The van der Waals surface area contributed by atoms with Crippen molar-refractivity contribution in [1.29, 1.82) is 0 Å². The van der Waals surface area contributed by atoms with Gasteiger partial charge in [0, 0.05) is 5.69 Å². The van der Waals surface area contributed by atoms with Crippen LogP contribution in [0.5, 0.6) is 0 Å². The molecule has 0 saturated carbocycles. The predicted molar refractivity (Wildman–Crippen MR) is 103 cm³/mol. The Morgan fingerprint density at radius 2 is 1.72 bits per heavy atom. The van der Waals surface area contributed by atoms with Gasteiger partial charge in [-0.1, -0.05) is 18.2 Å². The van der Waals surface area contributed by atoms with E-state index in [1.165, 1.54) is 0 Å². The van der Waals surface area contributed by atoms with Gasteiger partial charge in [0.05, 0.1) is 11.9 Å². The van der Waals surface area contributed by atoms with Crippen LogP contribution in [0.15, 0.2) is 42.5 Å². The molecule has 0 fully saturated rings. The van der Waals surface area contributed by atoms with E-state index in [4.69, 9.17) is 0 Å². The van der Waals surface area contributed by atoms with Crippen LogP contribution in [0.4, 0.5) is 11.4 Å². The molecule has 0 bridgehead atoms. The Kier molecular flexibility index (Phi) is 5.52. The third kappa shape index (κ3) is 4.60. The van der Waals surface area contributed by atoms with Crippen LogP contribution >= 0.6 is 0 Å². The van der Waals surface area contributed by atoms with E-state index in [1.54, 1.807) is 25.1 Å². The fraction of sp³-hybridized carbons (Fsp3) is 0.316. The summed E-state index contributed by atoms with van der Waals surface area (Å²) in [6, 6.07) is 11.8. The lowest BCUT2D eigenvalue weighted by molar-refractivity contribution is -0.116. The van der Waals surface area contributed by atoms with E-state index in [0.29, 0.717) is 11.4 Å². The van der Waals surface area contributed by atoms with Crippen LogP contribution in [-0.4, -0.2) is 26.6 Å². The molecule has 2 aromatic rings. The number of hydrogen-bond donors (Lipinski definition) is 1. The maximum absolute atomic E-state index is 12.6. The Balaban J connectivity index is 2.31. The van der Waals surface area contributed by atoms with E-state index in [-0.39, 0.29) is 5.91 Å². The first-order valence-electron chi connectivity index (χ1n) is 8.04.